The van der Waals surface area contributed by atoms with Crippen LogP contribution in [0.4, 0.5) is 0 Å². The van der Waals surface area contributed by atoms with Crippen LogP contribution in [-0.4, -0.2) is 30.3 Å². The van der Waals surface area contributed by atoms with E-state index < -0.39 is 20.0 Å². The molecule has 0 atom stereocenters. The Kier molecular flexibility index (Phi) is 7.26. The number of esters is 1. The Morgan fingerprint density at radius 1 is 0.917 bits per heavy atom. The number of carbonyl (C=O) groups excluding carboxylic acids is 1. The van der Waals surface area contributed by atoms with Gasteiger partial charge in [0.05, 0.1) is 0 Å². The summed E-state index contributed by atoms with van der Waals surface area (Å²) < 4.78 is 6.15. The molecule has 0 aromatic rings. The van der Waals surface area contributed by atoms with Crippen molar-refractivity contribution in [3.8, 4) is 0 Å². The first kappa shape index (κ1) is 20.9. The molecule has 0 unspecified atom stereocenters. The Hall–Kier alpha value is -1.10. The van der Waals surface area contributed by atoms with Crippen molar-refractivity contribution in [2.45, 2.75) is 95.5 Å². The van der Waals surface area contributed by atoms with Gasteiger partial charge >= 0.3 is 11.9 Å². The van der Waals surface area contributed by atoms with Crippen molar-refractivity contribution >= 4 is 20.0 Å². The maximum atomic E-state index is 12.4. The van der Waals surface area contributed by atoms with Crippen LogP contribution in [0, 0.1) is 0 Å². The lowest BCUT2D eigenvalue weighted by Gasteiger charge is -2.57. The lowest BCUT2D eigenvalue weighted by molar-refractivity contribution is -0.149. The fraction of sp³-hybridized carbons (Fsp3) is 0.789. The summed E-state index contributed by atoms with van der Waals surface area (Å²) in [7, 11) is -2.02. The molecule has 0 amide bonds. The van der Waals surface area contributed by atoms with E-state index in [0.717, 1.165) is 37.8 Å². The van der Waals surface area contributed by atoms with Gasteiger partial charge < -0.3 is 9.84 Å². The summed E-state index contributed by atoms with van der Waals surface area (Å²) in [6, 6.07) is 0. The number of carbonyl (C=O) groups is 2. The van der Waals surface area contributed by atoms with Crippen molar-refractivity contribution in [2.24, 2.45) is 0 Å². The summed E-state index contributed by atoms with van der Waals surface area (Å²) in [5.41, 5.74) is 1.48. The smallest absolute Gasteiger partial charge is 0.331 e. The molecule has 0 aromatic carbocycles. The zero-order valence-corrected chi connectivity index (χ0v) is 17.1. The lowest BCUT2D eigenvalue weighted by atomic mass is 9.96. The Morgan fingerprint density at radius 3 is 1.75 bits per heavy atom. The Labute approximate surface area is 147 Å². The average molecular weight is 355 g/mol. The number of ether oxygens (including phenoxy) is 1. The highest BCUT2D eigenvalue weighted by molar-refractivity contribution is 6.86. The maximum Gasteiger partial charge on any atom is 0.331 e. The van der Waals surface area contributed by atoms with Crippen molar-refractivity contribution in [1.82, 2.24) is 0 Å². The highest BCUT2D eigenvalue weighted by Gasteiger charge is 2.60. The van der Waals surface area contributed by atoms with Gasteiger partial charge in [-0.25, -0.2) is 9.59 Å². The number of hydrogen-bond acceptors (Lipinski definition) is 3. The molecule has 138 valence electrons. The van der Waals surface area contributed by atoms with Crippen molar-refractivity contribution in [2.75, 3.05) is 0 Å². The van der Waals surface area contributed by atoms with Gasteiger partial charge in [0.2, 0.25) is 0 Å². The molecular weight excluding hydrogens is 320 g/mol. The zero-order valence-electron chi connectivity index (χ0n) is 16.1. The number of rotatable bonds is 7. The molecular formula is C19H34O4Si. The molecule has 0 bridgehead atoms. The minimum atomic E-state index is -2.02. The fourth-order valence-corrected chi connectivity index (χ4v) is 14.3. The first-order chi connectivity index (χ1) is 11.1. The topological polar surface area (TPSA) is 63.6 Å². The van der Waals surface area contributed by atoms with E-state index in [2.05, 4.69) is 41.5 Å². The highest BCUT2D eigenvalue weighted by Crippen LogP contribution is 2.54. The molecule has 24 heavy (non-hydrogen) atoms. The molecule has 1 saturated carbocycles. The third-order valence-corrected chi connectivity index (χ3v) is 13.9. The van der Waals surface area contributed by atoms with E-state index in [1.807, 2.05) is 0 Å². The van der Waals surface area contributed by atoms with Gasteiger partial charge in [-0.3, -0.25) is 0 Å². The van der Waals surface area contributed by atoms with Gasteiger partial charge in [0.25, 0.3) is 0 Å². The molecule has 0 spiro atoms. The van der Waals surface area contributed by atoms with Crippen molar-refractivity contribution in [3.05, 3.63) is 12.2 Å². The summed E-state index contributed by atoms with van der Waals surface area (Å²) in [5.74, 6) is -1.62. The minimum Gasteiger partial charge on any atom is -0.478 e. The van der Waals surface area contributed by atoms with Gasteiger partial charge in [-0.05, 0) is 42.3 Å². The molecule has 1 fully saturated rings. The molecule has 0 saturated heterocycles. The molecule has 5 heteroatoms. The number of carboxylic acids is 1. The summed E-state index contributed by atoms with van der Waals surface area (Å²) >= 11 is 0. The van der Waals surface area contributed by atoms with Crippen LogP contribution in [0.2, 0.25) is 16.6 Å². The Balaban J connectivity index is 3.35. The molecule has 1 N–H and O–H groups in total. The molecule has 1 rings (SSSR count). The molecule has 0 aromatic heterocycles. The zero-order chi connectivity index (χ0) is 18.5. The first-order valence-corrected chi connectivity index (χ1v) is 11.5. The predicted octanol–water partition coefficient (Wildman–Crippen LogP) is 5.09. The second-order valence-electron chi connectivity index (χ2n) is 8.04. The standard InChI is InChI=1S/C19H34O4Si/c1-14(2)24(15(3)4,16(5)6)19(12-8-7-9-13-19)23-18(22)11-10-17(20)21/h10-11,14-16H,7-9,12-13H2,1-6H3,(H,20,21)/b11-10-. The summed E-state index contributed by atoms with van der Waals surface area (Å²) in [4.78, 5) is 23.1. The second-order valence-corrected chi connectivity index (χ2v) is 14.3. The van der Waals surface area contributed by atoms with Gasteiger partial charge in [-0.15, -0.1) is 0 Å². The monoisotopic (exact) mass is 354 g/mol. The van der Waals surface area contributed by atoms with Crippen molar-refractivity contribution in [3.63, 3.8) is 0 Å². The van der Waals surface area contributed by atoms with E-state index in [0.29, 0.717) is 16.6 Å². The quantitative estimate of drug-likeness (QED) is 0.393. The van der Waals surface area contributed by atoms with Gasteiger partial charge in [0.15, 0.2) is 0 Å². The van der Waals surface area contributed by atoms with Crippen LogP contribution >= 0.6 is 0 Å². The molecule has 1 aliphatic rings. The number of carboxylic acid groups (broad SMARTS) is 1. The molecule has 4 nitrogen and oxygen atoms in total. The SMILES string of the molecule is CC(C)[Si](C(C)C)(C(C)C)C1(OC(=O)/C=C\C(=O)O)CCCCC1. The molecule has 0 aliphatic heterocycles. The van der Waals surface area contributed by atoms with Crippen molar-refractivity contribution in [1.29, 1.82) is 0 Å². The van der Waals surface area contributed by atoms with Crippen LogP contribution in [0.15, 0.2) is 12.2 Å². The van der Waals surface area contributed by atoms with Gasteiger partial charge in [-0.2, -0.15) is 0 Å². The van der Waals surface area contributed by atoms with E-state index in [-0.39, 0.29) is 5.22 Å². The predicted molar refractivity (Wildman–Crippen MR) is 99.7 cm³/mol. The van der Waals surface area contributed by atoms with E-state index in [1.54, 1.807) is 0 Å². The summed E-state index contributed by atoms with van der Waals surface area (Å²) in [5, 5.41) is 8.38. The van der Waals surface area contributed by atoms with Crippen LogP contribution in [0.1, 0.15) is 73.6 Å². The van der Waals surface area contributed by atoms with Gasteiger partial charge in [-0.1, -0.05) is 48.0 Å². The molecule has 0 heterocycles. The van der Waals surface area contributed by atoms with Crippen LogP contribution in [0.3, 0.4) is 0 Å². The Morgan fingerprint density at radius 2 is 1.38 bits per heavy atom. The first-order valence-electron chi connectivity index (χ1n) is 9.24. The largest absolute Gasteiger partial charge is 0.478 e. The second kappa shape index (κ2) is 8.32. The molecule has 0 radical (unpaired) electrons. The third-order valence-electron chi connectivity index (χ3n) is 5.97. The van der Waals surface area contributed by atoms with E-state index in [9.17, 15) is 9.59 Å². The van der Waals surface area contributed by atoms with E-state index >= 15 is 0 Å². The van der Waals surface area contributed by atoms with Gasteiger partial charge in [0.1, 0.15) is 13.3 Å². The minimum absolute atomic E-state index is 0.387. The number of aliphatic carboxylic acids is 1. The van der Waals surface area contributed by atoms with Crippen LogP contribution in [-0.2, 0) is 14.3 Å². The van der Waals surface area contributed by atoms with Crippen molar-refractivity contribution < 1.29 is 19.4 Å². The third kappa shape index (κ3) is 3.93. The van der Waals surface area contributed by atoms with E-state index in [4.69, 9.17) is 9.84 Å². The summed E-state index contributed by atoms with van der Waals surface area (Å²) in [6.45, 7) is 13.7. The maximum absolute atomic E-state index is 12.4. The van der Waals surface area contributed by atoms with E-state index in [1.165, 1.54) is 6.42 Å². The van der Waals surface area contributed by atoms with Crippen LogP contribution < -0.4 is 0 Å². The highest BCUT2D eigenvalue weighted by atomic mass is 28.3. The summed E-state index contributed by atoms with van der Waals surface area (Å²) in [6.07, 6.45) is 7.12. The lowest BCUT2D eigenvalue weighted by Crippen LogP contribution is -2.66. The fourth-order valence-electron chi connectivity index (χ4n) is 5.69. The molecule has 1 aliphatic carbocycles. The Bertz CT molecular complexity index is 452. The van der Waals surface area contributed by atoms with Crippen LogP contribution in [0.5, 0.6) is 0 Å². The average Bonchev–Trinajstić information content (AvgIpc) is 2.45. The van der Waals surface area contributed by atoms with Gasteiger partial charge in [0, 0.05) is 12.2 Å². The number of hydrogen-bond donors (Lipinski definition) is 1. The van der Waals surface area contributed by atoms with Crippen LogP contribution in [0.25, 0.3) is 0 Å². The normalized spacial score (nSPS) is 18.5.